The number of aromatic nitrogens is 3. The lowest BCUT2D eigenvalue weighted by Gasteiger charge is -2.31. The predicted octanol–water partition coefficient (Wildman–Crippen LogP) is 4.31. The first-order valence-electron chi connectivity index (χ1n) is 8.54. The highest BCUT2D eigenvalue weighted by Crippen LogP contribution is 2.36. The molecule has 4 rings (SSSR count). The molecule has 1 aliphatic rings. The molecule has 27 heavy (non-hydrogen) atoms. The third kappa shape index (κ3) is 3.46. The van der Waals surface area contributed by atoms with Crippen molar-refractivity contribution in [3.8, 4) is 10.6 Å². The summed E-state index contributed by atoms with van der Waals surface area (Å²) in [5, 5.41) is 8.33. The van der Waals surface area contributed by atoms with Gasteiger partial charge in [-0.3, -0.25) is 4.79 Å². The molecule has 0 bridgehead atoms. The Kier molecular flexibility index (Phi) is 4.92. The van der Waals surface area contributed by atoms with Gasteiger partial charge >= 0.3 is 0 Å². The average molecular weight is 407 g/mol. The Morgan fingerprint density at radius 3 is 2.81 bits per heavy atom. The van der Waals surface area contributed by atoms with E-state index in [1.54, 1.807) is 4.90 Å². The molecule has 1 aromatic carbocycles. The van der Waals surface area contributed by atoms with Gasteiger partial charge in [0, 0.05) is 25.1 Å². The largest absolute Gasteiger partial charge is 0.355 e. The summed E-state index contributed by atoms with van der Waals surface area (Å²) in [6, 6.07) is 6.12. The summed E-state index contributed by atoms with van der Waals surface area (Å²) in [5.41, 5.74) is 1.60. The SMILES string of the molecule is Cc1cc(-c2snnc2C2CCN(C(=O)c3c(F)cccc3Cl)CC2)on1. The van der Waals surface area contributed by atoms with Crippen LogP contribution in [-0.4, -0.2) is 38.6 Å². The highest BCUT2D eigenvalue weighted by molar-refractivity contribution is 7.09. The minimum absolute atomic E-state index is 0.0641. The lowest BCUT2D eigenvalue weighted by molar-refractivity contribution is 0.0707. The molecule has 0 unspecified atom stereocenters. The van der Waals surface area contributed by atoms with Crippen molar-refractivity contribution in [1.29, 1.82) is 0 Å². The molecule has 0 atom stereocenters. The molecule has 1 saturated heterocycles. The van der Waals surface area contributed by atoms with Crippen LogP contribution in [0.4, 0.5) is 4.39 Å². The fraction of sp³-hybridized carbons (Fsp3) is 0.333. The van der Waals surface area contributed by atoms with Gasteiger partial charge in [0.25, 0.3) is 5.91 Å². The number of nitrogens with zero attached hydrogens (tertiary/aromatic N) is 4. The highest BCUT2D eigenvalue weighted by atomic mass is 35.5. The van der Waals surface area contributed by atoms with Gasteiger partial charge in [0.1, 0.15) is 10.7 Å². The fourth-order valence-electron chi connectivity index (χ4n) is 3.32. The number of halogens is 2. The third-order valence-electron chi connectivity index (χ3n) is 4.71. The van der Waals surface area contributed by atoms with Crippen LogP contribution in [0, 0.1) is 12.7 Å². The number of carbonyl (C=O) groups excluding carboxylic acids is 1. The van der Waals surface area contributed by atoms with Crippen molar-refractivity contribution < 1.29 is 13.7 Å². The lowest BCUT2D eigenvalue weighted by Crippen LogP contribution is -2.38. The summed E-state index contributed by atoms with van der Waals surface area (Å²) >= 11 is 7.30. The van der Waals surface area contributed by atoms with Crippen molar-refractivity contribution >= 4 is 29.0 Å². The Morgan fingerprint density at radius 2 is 2.15 bits per heavy atom. The molecular formula is C18H16ClFN4O2S. The van der Waals surface area contributed by atoms with Crippen LogP contribution in [0.1, 0.15) is 40.5 Å². The van der Waals surface area contributed by atoms with E-state index in [4.69, 9.17) is 16.1 Å². The van der Waals surface area contributed by atoms with Crippen molar-refractivity contribution in [2.75, 3.05) is 13.1 Å². The van der Waals surface area contributed by atoms with E-state index in [0.717, 1.165) is 16.3 Å². The number of piperidine rings is 1. The number of rotatable bonds is 3. The van der Waals surface area contributed by atoms with Gasteiger partial charge in [0.05, 0.1) is 22.0 Å². The van der Waals surface area contributed by atoms with Gasteiger partial charge in [-0.2, -0.15) is 0 Å². The zero-order chi connectivity index (χ0) is 19.0. The van der Waals surface area contributed by atoms with Gasteiger partial charge in [-0.25, -0.2) is 4.39 Å². The van der Waals surface area contributed by atoms with Gasteiger partial charge in [0.15, 0.2) is 5.76 Å². The summed E-state index contributed by atoms with van der Waals surface area (Å²) in [7, 11) is 0. The maximum absolute atomic E-state index is 14.0. The summed E-state index contributed by atoms with van der Waals surface area (Å²) in [6.07, 6.45) is 1.42. The molecule has 0 N–H and O–H groups in total. The molecule has 0 spiro atoms. The van der Waals surface area contributed by atoms with Crippen molar-refractivity contribution in [3.05, 3.63) is 52.1 Å². The predicted molar refractivity (Wildman–Crippen MR) is 99.4 cm³/mol. The van der Waals surface area contributed by atoms with Crippen LogP contribution in [0.3, 0.4) is 0 Å². The van der Waals surface area contributed by atoms with Gasteiger partial charge in [-0.1, -0.05) is 27.3 Å². The Morgan fingerprint density at radius 1 is 1.37 bits per heavy atom. The van der Waals surface area contributed by atoms with Gasteiger partial charge < -0.3 is 9.42 Å². The van der Waals surface area contributed by atoms with E-state index in [1.165, 1.54) is 29.7 Å². The standard InChI is InChI=1S/C18H16ClFN4O2S/c1-10-9-14(26-22-10)17-16(21-23-27-17)11-5-7-24(8-6-11)18(25)15-12(19)3-2-4-13(15)20/h2-4,9,11H,5-8H2,1H3. The molecule has 0 aliphatic carbocycles. The molecule has 2 aromatic heterocycles. The molecule has 9 heteroatoms. The van der Waals surface area contributed by atoms with Crippen LogP contribution in [0.15, 0.2) is 28.8 Å². The number of amides is 1. The molecule has 1 amide bonds. The summed E-state index contributed by atoms with van der Waals surface area (Å²) < 4.78 is 23.4. The molecule has 0 saturated carbocycles. The number of aryl methyl sites for hydroxylation is 1. The van der Waals surface area contributed by atoms with Crippen molar-refractivity contribution in [2.24, 2.45) is 0 Å². The van der Waals surface area contributed by atoms with E-state index in [-0.39, 0.29) is 22.4 Å². The van der Waals surface area contributed by atoms with Crippen molar-refractivity contribution in [3.63, 3.8) is 0 Å². The summed E-state index contributed by atoms with van der Waals surface area (Å²) in [6.45, 7) is 2.86. The normalized spacial score (nSPS) is 15.3. The molecule has 3 aromatic rings. The number of hydrogen-bond donors (Lipinski definition) is 0. The lowest BCUT2D eigenvalue weighted by atomic mass is 9.92. The maximum Gasteiger partial charge on any atom is 0.258 e. The molecular weight excluding hydrogens is 391 g/mol. The maximum atomic E-state index is 14.0. The van der Waals surface area contributed by atoms with Gasteiger partial charge in [-0.15, -0.1) is 5.10 Å². The third-order valence-corrected chi connectivity index (χ3v) is 5.78. The second kappa shape index (κ2) is 7.36. The molecule has 6 nitrogen and oxygen atoms in total. The van der Waals surface area contributed by atoms with Crippen LogP contribution in [0.5, 0.6) is 0 Å². The molecule has 0 radical (unpaired) electrons. The summed E-state index contributed by atoms with van der Waals surface area (Å²) in [4.78, 5) is 15.2. The number of likely N-dealkylation sites (tertiary alicyclic amines) is 1. The van der Waals surface area contributed by atoms with Crippen molar-refractivity contribution in [2.45, 2.75) is 25.7 Å². The van der Waals surface area contributed by atoms with Crippen molar-refractivity contribution in [1.82, 2.24) is 19.6 Å². The second-order valence-corrected chi connectivity index (χ2v) is 7.64. The molecule has 1 aliphatic heterocycles. The van der Waals surface area contributed by atoms with Crippen LogP contribution in [-0.2, 0) is 0 Å². The molecule has 140 valence electrons. The second-order valence-electron chi connectivity index (χ2n) is 6.48. The zero-order valence-corrected chi connectivity index (χ0v) is 16.1. The Bertz CT molecular complexity index is 961. The Labute approximate surface area is 164 Å². The topological polar surface area (TPSA) is 72.1 Å². The van der Waals surface area contributed by atoms with Crippen LogP contribution >= 0.6 is 23.1 Å². The smallest absolute Gasteiger partial charge is 0.258 e. The average Bonchev–Trinajstić information content (AvgIpc) is 3.30. The van der Waals surface area contributed by atoms with E-state index >= 15 is 0 Å². The monoisotopic (exact) mass is 406 g/mol. The van der Waals surface area contributed by atoms with Crippen LogP contribution in [0.25, 0.3) is 10.6 Å². The van der Waals surface area contributed by atoms with Crippen LogP contribution < -0.4 is 0 Å². The van der Waals surface area contributed by atoms with Crippen LogP contribution in [0.2, 0.25) is 5.02 Å². The van der Waals surface area contributed by atoms with E-state index in [1.807, 2.05) is 13.0 Å². The number of carbonyl (C=O) groups is 1. The number of hydrogen-bond acceptors (Lipinski definition) is 6. The molecule has 1 fully saturated rings. The van der Waals surface area contributed by atoms with E-state index in [2.05, 4.69) is 14.7 Å². The first kappa shape index (κ1) is 18.1. The zero-order valence-electron chi connectivity index (χ0n) is 14.5. The first-order chi connectivity index (χ1) is 13.0. The number of benzene rings is 1. The van der Waals surface area contributed by atoms with Gasteiger partial charge in [-0.05, 0) is 43.4 Å². The minimum atomic E-state index is -0.596. The molecule has 3 heterocycles. The Hall–Kier alpha value is -2.32. The van der Waals surface area contributed by atoms with E-state index in [9.17, 15) is 9.18 Å². The first-order valence-corrected chi connectivity index (χ1v) is 9.69. The minimum Gasteiger partial charge on any atom is -0.355 e. The quantitative estimate of drug-likeness (QED) is 0.647. The van der Waals surface area contributed by atoms with E-state index < -0.39 is 5.82 Å². The highest BCUT2D eigenvalue weighted by Gasteiger charge is 2.30. The van der Waals surface area contributed by atoms with E-state index in [0.29, 0.717) is 31.7 Å². The summed E-state index contributed by atoms with van der Waals surface area (Å²) in [5.74, 6) is -0.154. The Balaban J connectivity index is 1.49. The van der Waals surface area contributed by atoms with Gasteiger partial charge in [0.2, 0.25) is 0 Å². The fourth-order valence-corrected chi connectivity index (χ4v) is 4.26.